The van der Waals surface area contributed by atoms with Crippen molar-refractivity contribution >= 4 is 70.5 Å². The van der Waals surface area contributed by atoms with Crippen LogP contribution in [0.3, 0.4) is 0 Å². The van der Waals surface area contributed by atoms with Crippen molar-refractivity contribution in [2.45, 2.75) is 24.7 Å². The predicted molar refractivity (Wildman–Crippen MR) is 307 cm³/mol. The summed E-state index contributed by atoms with van der Waals surface area (Å²) in [4.78, 5) is 2.49. The topological polar surface area (TPSA) is 25.6 Å². The first kappa shape index (κ1) is 41.6. The fourth-order valence-electron chi connectivity index (χ4n) is 13.5. The highest BCUT2D eigenvalue weighted by atomic mass is 32.1. The maximum absolute atomic E-state index is 7.54. The highest BCUT2D eigenvalue weighted by Crippen LogP contribution is 2.65. The lowest BCUT2D eigenvalue weighted by atomic mass is 9.65. The van der Waals surface area contributed by atoms with E-state index < -0.39 is 5.41 Å². The fraction of sp³-hybridized carbons (Fsp3) is 0.0571. The summed E-state index contributed by atoms with van der Waals surface area (Å²) in [7, 11) is 0. The van der Waals surface area contributed by atoms with E-state index in [2.05, 4.69) is 255 Å². The van der Waals surface area contributed by atoms with Crippen LogP contribution in [0.15, 0.2) is 241 Å². The van der Waals surface area contributed by atoms with E-state index in [1.54, 1.807) is 0 Å². The van der Waals surface area contributed by atoms with Crippen molar-refractivity contribution in [1.82, 2.24) is 0 Å². The minimum atomic E-state index is -0.713. The Kier molecular flexibility index (Phi) is 8.60. The summed E-state index contributed by atoms with van der Waals surface area (Å²) in [5, 5.41) is 4.70. The third-order valence-corrected chi connectivity index (χ3v) is 17.6. The van der Waals surface area contributed by atoms with E-state index in [9.17, 15) is 0 Å². The van der Waals surface area contributed by atoms with Crippen molar-refractivity contribution in [2.75, 3.05) is 4.90 Å². The molecular weight excluding hydrogens is 919 g/mol. The van der Waals surface area contributed by atoms with Crippen LogP contribution in [0.5, 0.6) is 11.5 Å². The molecule has 0 saturated carbocycles. The van der Waals surface area contributed by atoms with Gasteiger partial charge in [0, 0.05) is 70.1 Å². The van der Waals surface area contributed by atoms with Gasteiger partial charge in [0.05, 0.1) is 5.41 Å². The van der Waals surface area contributed by atoms with Crippen molar-refractivity contribution in [3.05, 3.63) is 270 Å². The van der Waals surface area contributed by atoms with Crippen LogP contribution in [0.25, 0.3) is 86.6 Å². The third kappa shape index (κ3) is 5.61. The van der Waals surface area contributed by atoms with Crippen molar-refractivity contribution < 1.29 is 9.15 Å². The maximum Gasteiger partial charge on any atom is 0.140 e. The molecule has 0 saturated heterocycles. The summed E-state index contributed by atoms with van der Waals surface area (Å²) >= 11 is 1.85. The number of ether oxygens (including phenoxy) is 1. The van der Waals surface area contributed by atoms with E-state index in [-0.39, 0.29) is 5.41 Å². The molecule has 13 aromatic rings. The van der Waals surface area contributed by atoms with Crippen LogP contribution in [-0.2, 0) is 10.8 Å². The van der Waals surface area contributed by atoms with Crippen LogP contribution >= 0.6 is 11.3 Å². The Morgan fingerprint density at radius 3 is 1.77 bits per heavy atom. The van der Waals surface area contributed by atoms with Gasteiger partial charge in [0.15, 0.2) is 0 Å². The first-order valence-corrected chi connectivity index (χ1v) is 26.4. The summed E-state index contributed by atoms with van der Waals surface area (Å²) < 4.78 is 16.8. The number of rotatable bonds is 5. The van der Waals surface area contributed by atoms with E-state index >= 15 is 0 Å². The SMILES string of the molecule is CC1(C)c2ccccc2-c2cccc(-c3cc(N(c4ccc5c(c4)sc4ccccc45)c4ccc5oc6cccc(-c7ccccc7)c6c5c4)cc4c3Oc3ccccc3C43c4ccccc4-c4ccccc43)c21. The Morgan fingerprint density at radius 1 is 0.378 bits per heavy atom. The molecule has 4 heteroatoms. The van der Waals surface area contributed by atoms with Gasteiger partial charge in [-0.2, -0.15) is 0 Å². The molecule has 16 rings (SSSR count). The summed E-state index contributed by atoms with van der Waals surface area (Å²) in [6.45, 7) is 4.78. The molecule has 3 heterocycles. The molecular formula is C70H45NO2S. The van der Waals surface area contributed by atoms with Crippen LogP contribution in [-0.4, -0.2) is 0 Å². The second-order valence-electron chi connectivity index (χ2n) is 20.6. The zero-order valence-electron chi connectivity index (χ0n) is 40.7. The number of nitrogens with zero attached hydrogens (tertiary/aromatic N) is 1. The standard InChI is InChI=1S/C70H45NO2S/c1-69(2)56-27-10-6-22-49(56)52-25-16-26-53(67(52)69)54-39-45(40-60-68(54)73-62-31-14-13-30-59(62)70(60)57-28-11-7-20-47(57)48-21-8-12-29-58(48)70)71(44-34-36-51-50-23-9-15-33-64(50)74-65(51)41-44)43-35-37-61-55(38-43)66-46(24-17-32-63(66)72-61)42-18-4-3-5-19-42/h3-41H,1-2H3. The molecule has 11 aromatic carbocycles. The largest absolute Gasteiger partial charge is 0.456 e. The second-order valence-corrected chi connectivity index (χ2v) is 21.7. The normalized spacial score (nSPS) is 14.1. The molecule has 2 aliphatic carbocycles. The number of hydrogen-bond acceptors (Lipinski definition) is 4. The lowest BCUT2D eigenvalue weighted by Gasteiger charge is -2.41. The molecule has 1 aliphatic heterocycles. The van der Waals surface area contributed by atoms with Crippen molar-refractivity contribution in [3.8, 4) is 56.0 Å². The van der Waals surface area contributed by atoms with E-state index in [4.69, 9.17) is 9.15 Å². The van der Waals surface area contributed by atoms with E-state index in [0.29, 0.717) is 0 Å². The number of thiophene rings is 1. The molecule has 348 valence electrons. The lowest BCUT2D eigenvalue weighted by Crippen LogP contribution is -2.32. The maximum atomic E-state index is 7.54. The summed E-state index contributed by atoms with van der Waals surface area (Å²) in [6.07, 6.45) is 0. The molecule has 0 N–H and O–H groups in total. The number of para-hydroxylation sites is 1. The van der Waals surface area contributed by atoms with Gasteiger partial charge in [-0.15, -0.1) is 11.3 Å². The minimum absolute atomic E-state index is 0.294. The van der Waals surface area contributed by atoms with Crippen LogP contribution in [0.2, 0.25) is 0 Å². The van der Waals surface area contributed by atoms with Gasteiger partial charge in [0.2, 0.25) is 0 Å². The van der Waals surface area contributed by atoms with Crippen molar-refractivity contribution in [3.63, 3.8) is 0 Å². The van der Waals surface area contributed by atoms with Gasteiger partial charge >= 0.3 is 0 Å². The average molecular weight is 964 g/mol. The zero-order chi connectivity index (χ0) is 48.9. The van der Waals surface area contributed by atoms with Gasteiger partial charge < -0.3 is 14.1 Å². The molecule has 3 nitrogen and oxygen atoms in total. The first-order valence-electron chi connectivity index (χ1n) is 25.6. The molecule has 1 spiro atoms. The van der Waals surface area contributed by atoms with Gasteiger partial charge in [-0.1, -0.05) is 190 Å². The van der Waals surface area contributed by atoms with Gasteiger partial charge in [-0.25, -0.2) is 0 Å². The zero-order valence-corrected chi connectivity index (χ0v) is 41.5. The Labute approximate surface area is 432 Å². The van der Waals surface area contributed by atoms with Gasteiger partial charge in [0.25, 0.3) is 0 Å². The van der Waals surface area contributed by atoms with E-state index in [1.807, 2.05) is 11.3 Å². The second kappa shape index (κ2) is 15.3. The van der Waals surface area contributed by atoms with Gasteiger partial charge in [-0.05, 0) is 122 Å². The molecule has 2 aromatic heterocycles. The van der Waals surface area contributed by atoms with Crippen LogP contribution in [0.1, 0.15) is 47.2 Å². The molecule has 0 bridgehead atoms. The highest BCUT2D eigenvalue weighted by Gasteiger charge is 2.52. The quantitative estimate of drug-likeness (QED) is 0.172. The van der Waals surface area contributed by atoms with E-state index in [1.165, 1.54) is 70.2 Å². The number of anilines is 3. The number of benzene rings is 11. The van der Waals surface area contributed by atoms with E-state index in [0.717, 1.165) is 78.3 Å². The Morgan fingerprint density at radius 2 is 0.973 bits per heavy atom. The summed E-state index contributed by atoms with van der Waals surface area (Å²) in [5.41, 5.74) is 20.8. The molecule has 74 heavy (non-hydrogen) atoms. The number of hydrogen-bond donors (Lipinski definition) is 0. The first-order chi connectivity index (χ1) is 36.4. The van der Waals surface area contributed by atoms with Gasteiger partial charge in [0.1, 0.15) is 22.7 Å². The van der Waals surface area contributed by atoms with Crippen LogP contribution in [0.4, 0.5) is 17.1 Å². The number of furan rings is 1. The molecule has 0 fully saturated rings. The Hall–Kier alpha value is -8.96. The smallest absolute Gasteiger partial charge is 0.140 e. The molecule has 3 aliphatic rings. The minimum Gasteiger partial charge on any atom is -0.456 e. The molecule has 0 amide bonds. The van der Waals surface area contributed by atoms with Gasteiger partial charge in [-0.3, -0.25) is 0 Å². The highest BCUT2D eigenvalue weighted by molar-refractivity contribution is 7.25. The average Bonchev–Trinajstić information content (AvgIpc) is 4.27. The molecule has 0 atom stereocenters. The third-order valence-electron chi connectivity index (χ3n) is 16.5. The van der Waals surface area contributed by atoms with Crippen molar-refractivity contribution in [1.29, 1.82) is 0 Å². The lowest BCUT2D eigenvalue weighted by molar-refractivity contribution is 0.438. The monoisotopic (exact) mass is 963 g/mol. The van der Waals surface area contributed by atoms with Crippen LogP contribution in [0, 0.1) is 0 Å². The van der Waals surface area contributed by atoms with Crippen molar-refractivity contribution in [2.24, 2.45) is 0 Å². The number of fused-ring (bicyclic) bond motifs is 18. The summed E-state index contributed by atoms with van der Waals surface area (Å²) in [6, 6.07) is 87.2. The predicted octanol–water partition coefficient (Wildman–Crippen LogP) is 19.5. The fourth-order valence-corrected chi connectivity index (χ4v) is 14.6. The van der Waals surface area contributed by atoms with Crippen LogP contribution < -0.4 is 9.64 Å². The summed E-state index contributed by atoms with van der Waals surface area (Å²) in [5.74, 6) is 1.75. The Balaban J connectivity index is 1.05. The Bertz CT molecular complexity index is 4470. The molecule has 0 radical (unpaired) electrons. The molecule has 0 unspecified atom stereocenters.